The van der Waals surface area contributed by atoms with Crippen LogP contribution in [0.5, 0.6) is 0 Å². The zero-order valence-corrected chi connectivity index (χ0v) is 12.5. The molecule has 0 aliphatic rings. The van der Waals surface area contributed by atoms with Gasteiger partial charge >= 0.3 is 0 Å². The Labute approximate surface area is 116 Å². The normalized spacial score (nSPS) is 14.8. The summed E-state index contributed by atoms with van der Waals surface area (Å²) >= 11 is 6.32. The van der Waals surface area contributed by atoms with Crippen LogP contribution in [0.25, 0.3) is 0 Å². The van der Waals surface area contributed by atoms with Crippen LogP contribution >= 0.6 is 11.6 Å². The number of nitrogens with zero attached hydrogens (tertiary/aromatic N) is 1. The fraction of sp³-hybridized carbons (Fsp3) is 0.600. The van der Waals surface area contributed by atoms with Gasteiger partial charge in [-0.15, -0.1) is 0 Å². The quantitative estimate of drug-likeness (QED) is 0.814. The molecular weight excluding hydrogens is 244 g/mol. The van der Waals surface area contributed by atoms with Crippen LogP contribution in [0.2, 0.25) is 5.02 Å². The Bertz CT molecular complexity index is 352. The third kappa shape index (κ3) is 3.98. The topological polar surface area (TPSA) is 29.3 Å². The van der Waals surface area contributed by atoms with Crippen LogP contribution in [0.4, 0.5) is 0 Å². The first-order chi connectivity index (χ1) is 8.61. The molecule has 0 aromatic heterocycles. The average molecular weight is 269 g/mol. The first kappa shape index (κ1) is 15.5. The van der Waals surface area contributed by atoms with Gasteiger partial charge in [-0.25, -0.2) is 0 Å². The van der Waals surface area contributed by atoms with Crippen molar-refractivity contribution in [3.05, 3.63) is 34.9 Å². The SMILES string of the molecule is CCCCN(CC)C(c1ccccc1Cl)C(C)N. The van der Waals surface area contributed by atoms with E-state index in [1.165, 1.54) is 12.8 Å². The molecule has 102 valence electrons. The van der Waals surface area contributed by atoms with Crippen molar-refractivity contribution < 1.29 is 0 Å². The van der Waals surface area contributed by atoms with Crippen LogP contribution in [0.15, 0.2) is 24.3 Å². The van der Waals surface area contributed by atoms with E-state index in [2.05, 4.69) is 31.7 Å². The van der Waals surface area contributed by atoms with E-state index < -0.39 is 0 Å². The Morgan fingerprint density at radius 1 is 1.28 bits per heavy atom. The summed E-state index contributed by atoms with van der Waals surface area (Å²) in [6.45, 7) is 8.52. The van der Waals surface area contributed by atoms with Crippen LogP contribution in [-0.4, -0.2) is 24.0 Å². The van der Waals surface area contributed by atoms with Gasteiger partial charge < -0.3 is 5.73 Å². The zero-order chi connectivity index (χ0) is 13.5. The highest BCUT2D eigenvalue weighted by Gasteiger charge is 2.24. The van der Waals surface area contributed by atoms with E-state index in [-0.39, 0.29) is 12.1 Å². The van der Waals surface area contributed by atoms with Gasteiger partial charge in [0, 0.05) is 11.1 Å². The molecule has 2 N–H and O–H groups in total. The maximum Gasteiger partial charge on any atom is 0.0511 e. The first-order valence-corrected chi connectivity index (χ1v) is 7.23. The number of unbranched alkanes of at least 4 members (excludes halogenated alkanes) is 1. The highest BCUT2D eigenvalue weighted by molar-refractivity contribution is 6.31. The predicted octanol–water partition coefficient (Wildman–Crippen LogP) is 3.85. The number of benzene rings is 1. The molecule has 3 heteroatoms. The number of likely N-dealkylation sites (N-methyl/N-ethyl adjacent to an activating group) is 1. The van der Waals surface area contributed by atoms with Gasteiger partial charge in [0.25, 0.3) is 0 Å². The van der Waals surface area contributed by atoms with Gasteiger partial charge in [0.15, 0.2) is 0 Å². The monoisotopic (exact) mass is 268 g/mol. The van der Waals surface area contributed by atoms with Gasteiger partial charge in [-0.05, 0) is 38.1 Å². The number of halogens is 1. The molecule has 0 bridgehead atoms. The molecule has 0 heterocycles. The third-order valence-electron chi connectivity index (χ3n) is 3.32. The molecule has 0 fully saturated rings. The lowest BCUT2D eigenvalue weighted by Crippen LogP contribution is -2.40. The molecule has 0 saturated carbocycles. The van der Waals surface area contributed by atoms with E-state index in [1.54, 1.807) is 0 Å². The molecule has 0 spiro atoms. The molecule has 1 rings (SSSR count). The van der Waals surface area contributed by atoms with Crippen molar-refractivity contribution in [2.24, 2.45) is 5.73 Å². The Kier molecular flexibility index (Phi) is 6.69. The van der Waals surface area contributed by atoms with Crippen molar-refractivity contribution in [2.75, 3.05) is 13.1 Å². The molecule has 0 aliphatic heterocycles. The van der Waals surface area contributed by atoms with Gasteiger partial charge in [-0.3, -0.25) is 4.90 Å². The molecule has 0 saturated heterocycles. The van der Waals surface area contributed by atoms with Crippen LogP contribution < -0.4 is 5.73 Å². The summed E-state index contributed by atoms with van der Waals surface area (Å²) in [4.78, 5) is 2.43. The van der Waals surface area contributed by atoms with E-state index in [9.17, 15) is 0 Å². The largest absolute Gasteiger partial charge is 0.326 e. The van der Waals surface area contributed by atoms with Crippen molar-refractivity contribution in [2.45, 2.75) is 45.7 Å². The smallest absolute Gasteiger partial charge is 0.0511 e. The molecule has 2 nitrogen and oxygen atoms in total. The van der Waals surface area contributed by atoms with Crippen molar-refractivity contribution in [3.63, 3.8) is 0 Å². The third-order valence-corrected chi connectivity index (χ3v) is 3.66. The zero-order valence-electron chi connectivity index (χ0n) is 11.7. The molecule has 1 aromatic rings. The van der Waals surface area contributed by atoms with Crippen molar-refractivity contribution in [1.29, 1.82) is 0 Å². The number of rotatable bonds is 7. The molecule has 2 unspecified atom stereocenters. The highest BCUT2D eigenvalue weighted by Crippen LogP contribution is 2.29. The van der Waals surface area contributed by atoms with Crippen molar-refractivity contribution >= 4 is 11.6 Å². The second kappa shape index (κ2) is 7.78. The highest BCUT2D eigenvalue weighted by atomic mass is 35.5. The summed E-state index contributed by atoms with van der Waals surface area (Å²) in [7, 11) is 0. The van der Waals surface area contributed by atoms with Crippen LogP contribution in [0.3, 0.4) is 0 Å². The molecule has 2 atom stereocenters. The average Bonchev–Trinajstić information content (AvgIpc) is 2.35. The van der Waals surface area contributed by atoms with Crippen LogP contribution in [-0.2, 0) is 0 Å². The summed E-state index contributed by atoms with van der Waals surface area (Å²) in [5.74, 6) is 0. The van der Waals surface area contributed by atoms with Gasteiger partial charge in [0.2, 0.25) is 0 Å². The van der Waals surface area contributed by atoms with E-state index in [0.29, 0.717) is 0 Å². The Morgan fingerprint density at radius 3 is 2.44 bits per heavy atom. The fourth-order valence-corrected chi connectivity index (χ4v) is 2.63. The van der Waals surface area contributed by atoms with E-state index in [0.717, 1.165) is 23.7 Å². The van der Waals surface area contributed by atoms with Gasteiger partial charge in [-0.2, -0.15) is 0 Å². The lowest BCUT2D eigenvalue weighted by atomic mass is 9.98. The minimum atomic E-state index is 0.0710. The lowest BCUT2D eigenvalue weighted by molar-refractivity contribution is 0.183. The van der Waals surface area contributed by atoms with Crippen molar-refractivity contribution in [3.8, 4) is 0 Å². The second-order valence-electron chi connectivity index (χ2n) is 4.81. The second-order valence-corrected chi connectivity index (χ2v) is 5.21. The van der Waals surface area contributed by atoms with E-state index in [1.807, 2.05) is 18.2 Å². The maximum absolute atomic E-state index is 6.32. The molecule has 0 radical (unpaired) electrons. The molecular formula is C15H25ClN2. The Morgan fingerprint density at radius 2 is 1.94 bits per heavy atom. The summed E-state index contributed by atoms with van der Waals surface area (Å²) in [6.07, 6.45) is 2.40. The lowest BCUT2D eigenvalue weighted by Gasteiger charge is -2.34. The minimum absolute atomic E-state index is 0.0710. The fourth-order valence-electron chi connectivity index (χ4n) is 2.38. The van der Waals surface area contributed by atoms with Gasteiger partial charge in [-0.1, -0.05) is 50.1 Å². The number of hydrogen-bond donors (Lipinski definition) is 1. The van der Waals surface area contributed by atoms with Crippen LogP contribution in [0.1, 0.15) is 45.2 Å². The minimum Gasteiger partial charge on any atom is -0.326 e. The first-order valence-electron chi connectivity index (χ1n) is 6.85. The van der Waals surface area contributed by atoms with Crippen molar-refractivity contribution in [1.82, 2.24) is 4.90 Å². The molecule has 18 heavy (non-hydrogen) atoms. The molecule has 0 amide bonds. The predicted molar refractivity (Wildman–Crippen MR) is 80.0 cm³/mol. The molecule has 0 aliphatic carbocycles. The maximum atomic E-state index is 6.32. The van der Waals surface area contributed by atoms with Gasteiger partial charge in [0.1, 0.15) is 0 Å². The standard InChI is InChI=1S/C15H25ClN2/c1-4-6-11-18(5-2)15(12(3)17)13-9-7-8-10-14(13)16/h7-10,12,15H,4-6,11,17H2,1-3H3. The van der Waals surface area contributed by atoms with Gasteiger partial charge in [0.05, 0.1) is 6.04 Å². The van der Waals surface area contributed by atoms with Crippen LogP contribution in [0, 0.1) is 0 Å². The van der Waals surface area contributed by atoms with E-state index >= 15 is 0 Å². The summed E-state index contributed by atoms with van der Waals surface area (Å²) in [5, 5.41) is 0.815. The van der Waals surface area contributed by atoms with E-state index in [4.69, 9.17) is 17.3 Å². The Hall–Kier alpha value is -0.570. The number of nitrogens with two attached hydrogens (primary N) is 1. The summed E-state index contributed by atoms with van der Waals surface area (Å²) < 4.78 is 0. The number of hydrogen-bond acceptors (Lipinski definition) is 2. The Balaban J connectivity index is 2.97. The summed E-state index contributed by atoms with van der Waals surface area (Å²) in [5.41, 5.74) is 7.33. The summed E-state index contributed by atoms with van der Waals surface area (Å²) in [6, 6.07) is 8.30. The molecule has 1 aromatic carbocycles.